The van der Waals surface area contributed by atoms with Gasteiger partial charge in [0.25, 0.3) is 0 Å². The largest absolute Gasteiger partial charge is 0.435 e. The first-order valence-corrected chi connectivity index (χ1v) is 6.07. The van der Waals surface area contributed by atoms with Crippen LogP contribution in [0.1, 0.15) is 38.3 Å². The summed E-state index contributed by atoms with van der Waals surface area (Å²) in [4.78, 5) is 0. The molecule has 2 unspecified atom stereocenters. The number of nitrogens with one attached hydrogen (secondary N) is 1. The molecule has 0 aromatic heterocycles. The lowest BCUT2D eigenvalue weighted by molar-refractivity contribution is -0.0499. The summed E-state index contributed by atoms with van der Waals surface area (Å²) in [6.07, 6.45) is 1.90. The molecule has 2 atom stereocenters. The van der Waals surface area contributed by atoms with Gasteiger partial charge >= 0.3 is 6.61 Å². The molecule has 3 N–H and O–H groups in total. The summed E-state index contributed by atoms with van der Waals surface area (Å²) in [5.74, 6) is 6.18. The van der Waals surface area contributed by atoms with Crippen molar-refractivity contribution in [2.45, 2.75) is 39.3 Å². The SMILES string of the molecule is CCC(C)CC(NN)c1cccc(OC(F)F)c1. The number of hydrogen-bond donors (Lipinski definition) is 2. The second-order valence-corrected chi connectivity index (χ2v) is 4.42. The number of hydrogen-bond acceptors (Lipinski definition) is 3. The second-order valence-electron chi connectivity index (χ2n) is 4.42. The molecule has 102 valence electrons. The Morgan fingerprint density at radius 2 is 2.11 bits per heavy atom. The first-order chi connectivity index (χ1) is 8.56. The molecule has 0 heterocycles. The van der Waals surface area contributed by atoms with Crippen molar-refractivity contribution in [3.8, 4) is 5.75 Å². The molecule has 0 amide bonds. The molecule has 5 heteroatoms. The van der Waals surface area contributed by atoms with Gasteiger partial charge in [0.1, 0.15) is 5.75 Å². The van der Waals surface area contributed by atoms with Gasteiger partial charge in [0, 0.05) is 6.04 Å². The summed E-state index contributed by atoms with van der Waals surface area (Å²) in [6, 6.07) is 6.59. The molecule has 1 aromatic rings. The van der Waals surface area contributed by atoms with Crippen LogP contribution < -0.4 is 16.0 Å². The zero-order chi connectivity index (χ0) is 13.5. The molecule has 0 fully saturated rings. The molecule has 18 heavy (non-hydrogen) atoms. The van der Waals surface area contributed by atoms with Crippen molar-refractivity contribution in [2.24, 2.45) is 11.8 Å². The highest BCUT2D eigenvalue weighted by Gasteiger charge is 2.14. The van der Waals surface area contributed by atoms with Gasteiger partial charge in [-0.15, -0.1) is 0 Å². The highest BCUT2D eigenvalue weighted by atomic mass is 19.3. The van der Waals surface area contributed by atoms with Gasteiger partial charge in [0.15, 0.2) is 0 Å². The Balaban J connectivity index is 2.79. The fraction of sp³-hybridized carbons (Fsp3) is 0.538. The van der Waals surface area contributed by atoms with E-state index in [9.17, 15) is 8.78 Å². The third-order valence-corrected chi connectivity index (χ3v) is 3.02. The van der Waals surface area contributed by atoms with E-state index in [4.69, 9.17) is 5.84 Å². The van der Waals surface area contributed by atoms with E-state index in [0.717, 1.165) is 18.4 Å². The van der Waals surface area contributed by atoms with Crippen molar-refractivity contribution in [1.29, 1.82) is 0 Å². The molecule has 0 radical (unpaired) electrons. The molecule has 0 bridgehead atoms. The second kappa shape index (κ2) is 7.28. The minimum atomic E-state index is -2.81. The summed E-state index contributed by atoms with van der Waals surface area (Å²) in [6.45, 7) is 1.43. The number of benzene rings is 1. The van der Waals surface area contributed by atoms with Gasteiger partial charge in [-0.25, -0.2) is 0 Å². The van der Waals surface area contributed by atoms with Crippen LogP contribution in [0.4, 0.5) is 8.78 Å². The van der Waals surface area contributed by atoms with E-state index < -0.39 is 6.61 Å². The molecule has 3 nitrogen and oxygen atoms in total. The molecular weight excluding hydrogens is 238 g/mol. The summed E-state index contributed by atoms with van der Waals surface area (Å²) >= 11 is 0. The monoisotopic (exact) mass is 258 g/mol. The van der Waals surface area contributed by atoms with Crippen molar-refractivity contribution in [3.63, 3.8) is 0 Å². The number of ether oxygens (including phenoxy) is 1. The van der Waals surface area contributed by atoms with E-state index in [1.807, 2.05) is 6.07 Å². The molecule has 0 saturated carbocycles. The lowest BCUT2D eigenvalue weighted by Gasteiger charge is -2.20. The zero-order valence-corrected chi connectivity index (χ0v) is 10.7. The average Bonchev–Trinajstić information content (AvgIpc) is 2.35. The zero-order valence-electron chi connectivity index (χ0n) is 10.7. The lowest BCUT2D eigenvalue weighted by atomic mass is 9.94. The van der Waals surface area contributed by atoms with Crippen molar-refractivity contribution in [2.75, 3.05) is 0 Å². The van der Waals surface area contributed by atoms with E-state index in [2.05, 4.69) is 24.0 Å². The van der Waals surface area contributed by atoms with E-state index in [0.29, 0.717) is 5.92 Å². The number of halogens is 2. The van der Waals surface area contributed by atoms with Crippen LogP contribution in [0.5, 0.6) is 5.75 Å². The first-order valence-electron chi connectivity index (χ1n) is 6.07. The first kappa shape index (κ1) is 14.9. The smallest absolute Gasteiger partial charge is 0.387 e. The Labute approximate surface area is 106 Å². The van der Waals surface area contributed by atoms with Gasteiger partial charge in [-0.2, -0.15) is 8.78 Å². The van der Waals surface area contributed by atoms with Gasteiger partial charge in [-0.1, -0.05) is 32.4 Å². The Morgan fingerprint density at radius 3 is 2.67 bits per heavy atom. The maximum absolute atomic E-state index is 12.1. The predicted molar refractivity (Wildman–Crippen MR) is 67.2 cm³/mol. The minimum Gasteiger partial charge on any atom is -0.435 e. The van der Waals surface area contributed by atoms with Gasteiger partial charge in [-0.05, 0) is 30.0 Å². The minimum absolute atomic E-state index is 0.0545. The fourth-order valence-electron chi connectivity index (χ4n) is 1.78. The van der Waals surface area contributed by atoms with E-state index in [1.165, 1.54) is 6.07 Å². The molecule has 0 aliphatic carbocycles. The molecule has 1 rings (SSSR count). The summed E-state index contributed by atoms with van der Waals surface area (Å²) in [7, 11) is 0. The van der Waals surface area contributed by atoms with Crippen molar-refractivity contribution < 1.29 is 13.5 Å². The summed E-state index contributed by atoms with van der Waals surface area (Å²) in [5, 5.41) is 0. The Bertz CT molecular complexity index is 361. The number of rotatable bonds is 7. The van der Waals surface area contributed by atoms with Crippen molar-refractivity contribution in [1.82, 2.24) is 5.43 Å². The number of alkyl halides is 2. The van der Waals surface area contributed by atoms with Crippen LogP contribution in [-0.4, -0.2) is 6.61 Å². The van der Waals surface area contributed by atoms with E-state index >= 15 is 0 Å². The predicted octanol–water partition coefficient (Wildman–Crippen LogP) is 3.23. The van der Waals surface area contributed by atoms with Gasteiger partial charge in [0.2, 0.25) is 0 Å². The fourth-order valence-corrected chi connectivity index (χ4v) is 1.78. The molecular formula is C13H20F2N2O. The highest BCUT2D eigenvalue weighted by molar-refractivity contribution is 5.30. The van der Waals surface area contributed by atoms with Crippen LogP contribution in [0.15, 0.2) is 24.3 Å². The van der Waals surface area contributed by atoms with Crippen LogP contribution in [0, 0.1) is 5.92 Å². The average molecular weight is 258 g/mol. The Hall–Kier alpha value is -1.20. The Morgan fingerprint density at radius 1 is 1.39 bits per heavy atom. The molecule has 0 aliphatic rings. The standard InChI is InChI=1S/C13H20F2N2O/c1-3-9(2)7-12(17-16)10-5-4-6-11(8-10)18-13(14)15/h4-6,8-9,12-13,17H,3,7,16H2,1-2H3. The molecule has 0 saturated heterocycles. The highest BCUT2D eigenvalue weighted by Crippen LogP contribution is 2.25. The normalized spacial score (nSPS) is 14.6. The maximum Gasteiger partial charge on any atom is 0.387 e. The van der Waals surface area contributed by atoms with Crippen LogP contribution >= 0.6 is 0 Å². The third kappa shape index (κ3) is 4.58. The van der Waals surface area contributed by atoms with Crippen LogP contribution in [0.25, 0.3) is 0 Å². The number of hydrazine groups is 1. The topological polar surface area (TPSA) is 47.3 Å². The molecule has 1 aromatic carbocycles. The van der Waals surface area contributed by atoms with Crippen molar-refractivity contribution >= 4 is 0 Å². The molecule has 0 aliphatic heterocycles. The van der Waals surface area contributed by atoms with Crippen LogP contribution in [0.2, 0.25) is 0 Å². The number of nitrogens with two attached hydrogens (primary N) is 1. The van der Waals surface area contributed by atoms with Crippen LogP contribution in [-0.2, 0) is 0 Å². The Kier molecular flexibility index (Phi) is 6.01. The van der Waals surface area contributed by atoms with Gasteiger partial charge < -0.3 is 4.74 Å². The quantitative estimate of drug-likeness (QED) is 0.583. The van der Waals surface area contributed by atoms with Gasteiger partial charge in [0.05, 0.1) is 0 Å². The summed E-state index contributed by atoms with van der Waals surface area (Å²) < 4.78 is 28.7. The maximum atomic E-state index is 12.1. The van der Waals surface area contributed by atoms with Crippen molar-refractivity contribution in [3.05, 3.63) is 29.8 Å². The lowest BCUT2D eigenvalue weighted by Crippen LogP contribution is -2.29. The summed E-state index contributed by atoms with van der Waals surface area (Å²) in [5.41, 5.74) is 3.58. The molecule has 0 spiro atoms. The van der Waals surface area contributed by atoms with E-state index in [1.54, 1.807) is 12.1 Å². The third-order valence-electron chi connectivity index (χ3n) is 3.02. The van der Waals surface area contributed by atoms with Gasteiger partial charge in [-0.3, -0.25) is 11.3 Å². The van der Waals surface area contributed by atoms with Crippen LogP contribution in [0.3, 0.4) is 0 Å². The van der Waals surface area contributed by atoms with E-state index in [-0.39, 0.29) is 11.8 Å².